The number of rotatable bonds is 3. The molecule has 0 N–H and O–H groups in total. The Kier molecular flexibility index (Phi) is 5.44. The first-order chi connectivity index (χ1) is 22.8. The van der Waals surface area contributed by atoms with Gasteiger partial charge in [0.1, 0.15) is 0 Å². The molecule has 0 saturated carbocycles. The van der Waals surface area contributed by atoms with E-state index < -0.39 is 0 Å². The van der Waals surface area contributed by atoms with Gasteiger partial charge in [0.05, 0.1) is 22.1 Å². The Hall–Kier alpha value is -5.86. The molecule has 2 heterocycles. The zero-order chi connectivity index (χ0) is 30.2. The van der Waals surface area contributed by atoms with Crippen LogP contribution in [0, 0.1) is 0 Å². The molecule has 10 rings (SSSR count). The lowest BCUT2D eigenvalue weighted by atomic mass is 9.92. The number of fused-ring (bicyclic) bond motifs is 9. The van der Waals surface area contributed by atoms with Gasteiger partial charge >= 0.3 is 0 Å². The second-order valence-electron chi connectivity index (χ2n) is 12.5. The molecule has 0 atom stereocenters. The van der Waals surface area contributed by atoms with Crippen LogP contribution in [-0.2, 0) is 6.42 Å². The molecule has 0 bridgehead atoms. The van der Waals surface area contributed by atoms with Crippen LogP contribution in [0.4, 0.5) is 0 Å². The minimum atomic E-state index is 1.06. The monoisotopic (exact) mass is 586 g/mol. The van der Waals surface area contributed by atoms with Crippen molar-refractivity contribution >= 4 is 60.5 Å². The summed E-state index contributed by atoms with van der Waals surface area (Å²) >= 11 is 0. The fraction of sp³-hybridized carbons (Fsp3) is 0.0455. The molecule has 216 valence electrons. The highest BCUT2D eigenvalue weighted by atomic mass is 15.0. The van der Waals surface area contributed by atoms with Gasteiger partial charge in [-0.15, -0.1) is 0 Å². The molecule has 9 aromatic rings. The average molecular weight is 587 g/mol. The van der Waals surface area contributed by atoms with Crippen LogP contribution in [0.3, 0.4) is 0 Å². The van der Waals surface area contributed by atoms with Crippen molar-refractivity contribution in [3.63, 3.8) is 0 Å². The zero-order valence-corrected chi connectivity index (χ0v) is 25.3. The molecule has 0 amide bonds. The van der Waals surface area contributed by atoms with Gasteiger partial charge in [0.2, 0.25) is 0 Å². The molecule has 0 unspecified atom stereocenters. The van der Waals surface area contributed by atoms with E-state index in [2.05, 4.69) is 167 Å². The minimum absolute atomic E-state index is 1.06. The van der Waals surface area contributed by atoms with Gasteiger partial charge in [0.15, 0.2) is 0 Å². The van der Waals surface area contributed by atoms with Gasteiger partial charge in [-0.2, -0.15) is 0 Å². The number of aryl methyl sites for hydroxylation is 1. The van der Waals surface area contributed by atoms with E-state index in [0.717, 1.165) is 12.8 Å². The highest BCUT2D eigenvalue weighted by Crippen LogP contribution is 2.42. The fourth-order valence-electron chi connectivity index (χ4n) is 7.83. The number of nitrogens with zero attached hydrogens (tertiary/aromatic N) is 2. The minimum Gasteiger partial charge on any atom is -0.309 e. The maximum atomic E-state index is 2.50. The molecule has 2 heteroatoms. The van der Waals surface area contributed by atoms with Crippen LogP contribution in [0.5, 0.6) is 0 Å². The van der Waals surface area contributed by atoms with Gasteiger partial charge in [0, 0.05) is 32.9 Å². The van der Waals surface area contributed by atoms with E-state index in [1.54, 1.807) is 0 Å². The highest BCUT2D eigenvalue weighted by Gasteiger charge is 2.21. The normalized spacial score (nSPS) is 13.0. The maximum absolute atomic E-state index is 2.50. The van der Waals surface area contributed by atoms with Gasteiger partial charge in [0.25, 0.3) is 0 Å². The van der Waals surface area contributed by atoms with E-state index in [0.29, 0.717) is 0 Å². The summed E-state index contributed by atoms with van der Waals surface area (Å²) in [7, 11) is 0. The Morgan fingerprint density at radius 1 is 0.435 bits per heavy atom. The van der Waals surface area contributed by atoms with Gasteiger partial charge in [-0.25, -0.2) is 0 Å². The fourth-order valence-corrected chi connectivity index (χ4v) is 7.83. The van der Waals surface area contributed by atoms with Gasteiger partial charge in [-0.1, -0.05) is 109 Å². The largest absolute Gasteiger partial charge is 0.309 e. The molecule has 0 fully saturated rings. The highest BCUT2D eigenvalue weighted by molar-refractivity contribution is 6.20. The van der Waals surface area contributed by atoms with E-state index in [-0.39, 0.29) is 0 Å². The number of benzene rings is 7. The van der Waals surface area contributed by atoms with Crippen molar-refractivity contribution in [1.82, 2.24) is 9.13 Å². The quantitative estimate of drug-likeness (QED) is 0.195. The number of aromatic nitrogens is 2. The van der Waals surface area contributed by atoms with Crippen LogP contribution in [-0.4, -0.2) is 9.13 Å². The lowest BCUT2D eigenvalue weighted by Gasteiger charge is -2.13. The number of allylic oxidation sites excluding steroid dienone is 1. The second kappa shape index (κ2) is 9.82. The Morgan fingerprint density at radius 3 is 2.04 bits per heavy atom. The van der Waals surface area contributed by atoms with Crippen LogP contribution in [0.1, 0.15) is 17.5 Å². The molecule has 0 aliphatic heterocycles. The number of hydrogen-bond acceptors (Lipinski definition) is 0. The predicted octanol–water partition coefficient (Wildman–Crippen LogP) is 11.7. The number of para-hydroxylation sites is 1. The van der Waals surface area contributed by atoms with E-state index in [1.807, 2.05) is 0 Å². The Labute approximate surface area is 267 Å². The van der Waals surface area contributed by atoms with E-state index in [1.165, 1.54) is 88.0 Å². The SMILES string of the molecule is C1=Cc2ccc3c(c2CC1)c1cc2c4ccccc4n(-c4ccc(-c5ccccc5)cc4)c2cc1n3-c1ccc2ccccc2c1. The van der Waals surface area contributed by atoms with Crippen molar-refractivity contribution in [2.75, 3.05) is 0 Å². The second-order valence-corrected chi connectivity index (χ2v) is 12.5. The van der Waals surface area contributed by atoms with Crippen LogP contribution in [0.2, 0.25) is 0 Å². The summed E-state index contributed by atoms with van der Waals surface area (Å²) in [6.45, 7) is 0. The van der Waals surface area contributed by atoms with Crippen LogP contribution >= 0.6 is 0 Å². The standard InChI is InChI=1S/C44H30N2/c1-2-10-29(11-3-1)31-18-22-34(23-19-31)45-40-17-9-8-16-37(40)38-27-39-43(28-42(38)45)46(35-24-20-30-12-4-5-14-33(30)26-35)41-25-21-32-13-6-7-15-36(32)44(39)41/h1-6,8-14,16-28H,7,15H2. The van der Waals surface area contributed by atoms with Crippen LogP contribution in [0.25, 0.3) is 83.0 Å². The van der Waals surface area contributed by atoms with Gasteiger partial charge in [-0.05, 0) is 94.4 Å². The van der Waals surface area contributed by atoms with E-state index in [9.17, 15) is 0 Å². The van der Waals surface area contributed by atoms with Crippen molar-refractivity contribution in [3.8, 4) is 22.5 Å². The smallest absolute Gasteiger partial charge is 0.0562 e. The molecular weight excluding hydrogens is 556 g/mol. The summed E-state index contributed by atoms with van der Waals surface area (Å²) in [6, 6.07) is 53.6. The molecule has 46 heavy (non-hydrogen) atoms. The number of hydrogen-bond donors (Lipinski definition) is 0. The first kappa shape index (κ1) is 25.5. The van der Waals surface area contributed by atoms with Crippen LogP contribution < -0.4 is 0 Å². The first-order valence-electron chi connectivity index (χ1n) is 16.2. The summed E-state index contributed by atoms with van der Waals surface area (Å²) in [5, 5.41) is 7.79. The Bertz CT molecular complexity index is 2670. The predicted molar refractivity (Wildman–Crippen MR) is 195 cm³/mol. The zero-order valence-electron chi connectivity index (χ0n) is 25.3. The molecule has 1 aliphatic carbocycles. The maximum Gasteiger partial charge on any atom is 0.0562 e. The molecule has 2 aromatic heterocycles. The first-order valence-corrected chi connectivity index (χ1v) is 16.2. The Balaban J connectivity index is 1.31. The average Bonchev–Trinajstić information content (AvgIpc) is 3.63. The lowest BCUT2D eigenvalue weighted by molar-refractivity contribution is 0.997. The van der Waals surface area contributed by atoms with Gasteiger partial charge < -0.3 is 9.13 Å². The van der Waals surface area contributed by atoms with Crippen molar-refractivity contribution in [3.05, 3.63) is 163 Å². The van der Waals surface area contributed by atoms with Crippen molar-refractivity contribution in [2.45, 2.75) is 12.8 Å². The van der Waals surface area contributed by atoms with Crippen LogP contribution in [0.15, 0.2) is 152 Å². The summed E-state index contributed by atoms with van der Waals surface area (Å²) < 4.78 is 4.94. The third kappa shape index (κ3) is 3.71. The third-order valence-electron chi connectivity index (χ3n) is 9.95. The summed E-state index contributed by atoms with van der Waals surface area (Å²) in [5.41, 5.74) is 12.6. The summed E-state index contributed by atoms with van der Waals surface area (Å²) in [6.07, 6.45) is 6.76. The molecule has 2 nitrogen and oxygen atoms in total. The van der Waals surface area contributed by atoms with E-state index >= 15 is 0 Å². The van der Waals surface area contributed by atoms with Crippen molar-refractivity contribution in [2.24, 2.45) is 0 Å². The molecule has 0 spiro atoms. The third-order valence-corrected chi connectivity index (χ3v) is 9.95. The molecule has 7 aromatic carbocycles. The summed E-state index contributed by atoms with van der Waals surface area (Å²) in [4.78, 5) is 0. The molecular formula is C44H30N2. The molecule has 0 saturated heterocycles. The van der Waals surface area contributed by atoms with E-state index in [4.69, 9.17) is 0 Å². The van der Waals surface area contributed by atoms with Crippen molar-refractivity contribution < 1.29 is 0 Å². The summed E-state index contributed by atoms with van der Waals surface area (Å²) in [5.74, 6) is 0. The van der Waals surface area contributed by atoms with Crippen molar-refractivity contribution in [1.29, 1.82) is 0 Å². The van der Waals surface area contributed by atoms with Gasteiger partial charge in [-0.3, -0.25) is 0 Å². The topological polar surface area (TPSA) is 9.86 Å². The lowest BCUT2D eigenvalue weighted by Crippen LogP contribution is -1.97. The Morgan fingerprint density at radius 2 is 1.15 bits per heavy atom. The molecule has 0 radical (unpaired) electrons. The molecule has 1 aliphatic rings.